The summed E-state index contributed by atoms with van der Waals surface area (Å²) in [6, 6.07) is 1.91. The smallest absolute Gasteiger partial charge is 0.119 e. The topological polar surface area (TPSA) is 20.2 Å². The van der Waals surface area contributed by atoms with Gasteiger partial charge in [0.25, 0.3) is 0 Å². The Morgan fingerprint density at radius 2 is 1.50 bits per heavy atom. The highest BCUT2D eigenvalue weighted by Gasteiger charge is 2.44. The van der Waals surface area contributed by atoms with E-state index >= 15 is 0 Å². The number of fused-ring (bicyclic) bond motifs is 1. The number of aromatic hydroxyl groups is 1. The van der Waals surface area contributed by atoms with Crippen molar-refractivity contribution in [3.63, 3.8) is 0 Å². The van der Waals surface area contributed by atoms with Crippen LogP contribution in [-0.2, 0) is 10.8 Å². The van der Waals surface area contributed by atoms with Crippen LogP contribution >= 0.6 is 0 Å². The van der Waals surface area contributed by atoms with Crippen LogP contribution in [0.4, 0.5) is 0 Å². The minimum absolute atomic E-state index is 0.0847. The van der Waals surface area contributed by atoms with Crippen molar-refractivity contribution in [2.45, 2.75) is 58.8 Å². The van der Waals surface area contributed by atoms with E-state index in [0.717, 1.165) is 6.42 Å². The van der Waals surface area contributed by atoms with Gasteiger partial charge in [-0.25, -0.2) is 0 Å². The minimum atomic E-state index is 0.0847. The summed E-state index contributed by atoms with van der Waals surface area (Å²) in [4.78, 5) is 0. The molecule has 0 unspecified atom stereocenters. The molecule has 1 aliphatic rings. The summed E-state index contributed by atoms with van der Waals surface area (Å²) in [7, 11) is 0. The van der Waals surface area contributed by atoms with E-state index in [9.17, 15) is 5.11 Å². The van der Waals surface area contributed by atoms with Crippen molar-refractivity contribution in [3.05, 3.63) is 28.3 Å². The van der Waals surface area contributed by atoms with Crippen molar-refractivity contribution in [1.29, 1.82) is 0 Å². The van der Waals surface area contributed by atoms with Crippen molar-refractivity contribution in [2.24, 2.45) is 0 Å². The zero-order valence-corrected chi connectivity index (χ0v) is 11.2. The molecule has 0 saturated carbocycles. The number of rotatable bonds is 0. The molecule has 0 atom stereocenters. The molecule has 88 valence electrons. The zero-order chi connectivity index (χ0) is 12.3. The molecule has 16 heavy (non-hydrogen) atoms. The highest BCUT2D eigenvalue weighted by Crippen LogP contribution is 2.54. The molecule has 2 rings (SSSR count). The van der Waals surface area contributed by atoms with Crippen LogP contribution in [0.3, 0.4) is 0 Å². The van der Waals surface area contributed by atoms with Gasteiger partial charge in [-0.3, -0.25) is 0 Å². The van der Waals surface area contributed by atoms with Gasteiger partial charge in [0, 0.05) is 5.56 Å². The fourth-order valence-electron chi connectivity index (χ4n) is 3.71. The van der Waals surface area contributed by atoms with Crippen LogP contribution in [0.2, 0.25) is 0 Å². The molecular formula is C15H22O. The Kier molecular flexibility index (Phi) is 2.18. The Morgan fingerprint density at radius 3 is 2.06 bits per heavy atom. The summed E-state index contributed by atoms with van der Waals surface area (Å²) < 4.78 is 0. The average Bonchev–Trinajstić information content (AvgIpc) is 2.27. The van der Waals surface area contributed by atoms with Gasteiger partial charge in [0.05, 0.1) is 0 Å². The van der Waals surface area contributed by atoms with Crippen LogP contribution in [0.25, 0.3) is 0 Å². The van der Waals surface area contributed by atoms with Crippen LogP contribution < -0.4 is 0 Å². The lowest BCUT2D eigenvalue weighted by Gasteiger charge is -2.23. The molecule has 0 fully saturated rings. The molecule has 0 saturated heterocycles. The summed E-state index contributed by atoms with van der Waals surface area (Å²) in [6.45, 7) is 13.3. The molecule has 1 aromatic rings. The average molecular weight is 218 g/mol. The van der Waals surface area contributed by atoms with Gasteiger partial charge >= 0.3 is 0 Å². The van der Waals surface area contributed by atoms with Gasteiger partial charge < -0.3 is 5.11 Å². The van der Waals surface area contributed by atoms with Crippen molar-refractivity contribution in [2.75, 3.05) is 0 Å². The third-order valence-electron chi connectivity index (χ3n) is 4.06. The first-order chi connectivity index (χ1) is 7.17. The first kappa shape index (κ1) is 11.5. The predicted molar refractivity (Wildman–Crippen MR) is 68.2 cm³/mol. The maximum atomic E-state index is 10.2. The molecule has 0 amide bonds. The van der Waals surface area contributed by atoms with Gasteiger partial charge in [-0.05, 0) is 53.9 Å². The van der Waals surface area contributed by atoms with Crippen molar-refractivity contribution in [3.8, 4) is 5.75 Å². The van der Waals surface area contributed by atoms with Gasteiger partial charge in [0.15, 0.2) is 0 Å². The van der Waals surface area contributed by atoms with Gasteiger partial charge in [-0.15, -0.1) is 0 Å². The Morgan fingerprint density at radius 1 is 1.00 bits per heavy atom. The molecule has 0 radical (unpaired) electrons. The fraction of sp³-hybridized carbons (Fsp3) is 0.600. The van der Waals surface area contributed by atoms with Crippen LogP contribution in [0.5, 0.6) is 5.75 Å². The Balaban J connectivity index is 2.85. The van der Waals surface area contributed by atoms with E-state index in [1.165, 1.54) is 22.3 Å². The maximum absolute atomic E-state index is 10.2. The summed E-state index contributed by atoms with van der Waals surface area (Å²) in [6.07, 6.45) is 1.10. The van der Waals surface area contributed by atoms with E-state index in [4.69, 9.17) is 0 Å². The van der Waals surface area contributed by atoms with Gasteiger partial charge in [0.2, 0.25) is 0 Å². The van der Waals surface area contributed by atoms with Crippen LogP contribution in [0, 0.1) is 13.8 Å². The standard InChI is InChI=1S/C15H22O/c1-9-7-11(16)13-12(10(9)2)14(3,4)8-15(13,5)6/h7,16H,8H2,1-6H3. The van der Waals surface area contributed by atoms with Crippen molar-refractivity contribution < 1.29 is 5.11 Å². The summed E-state index contributed by atoms with van der Waals surface area (Å²) >= 11 is 0. The van der Waals surface area contributed by atoms with Crippen molar-refractivity contribution >= 4 is 0 Å². The Bertz CT molecular complexity index is 453. The second-order valence-corrected chi connectivity index (χ2v) is 6.53. The van der Waals surface area contributed by atoms with Crippen molar-refractivity contribution in [1.82, 2.24) is 0 Å². The first-order valence-electron chi connectivity index (χ1n) is 6.01. The monoisotopic (exact) mass is 218 g/mol. The minimum Gasteiger partial charge on any atom is -0.508 e. The van der Waals surface area contributed by atoms with E-state index in [1.54, 1.807) is 0 Å². The third-order valence-corrected chi connectivity index (χ3v) is 4.06. The lowest BCUT2D eigenvalue weighted by atomic mass is 9.81. The fourth-order valence-corrected chi connectivity index (χ4v) is 3.71. The molecule has 1 nitrogen and oxygen atoms in total. The molecular weight excluding hydrogens is 196 g/mol. The molecule has 1 aromatic carbocycles. The highest BCUT2D eigenvalue weighted by molar-refractivity contribution is 5.57. The number of phenolic OH excluding ortho intramolecular Hbond substituents is 1. The molecule has 0 aliphatic heterocycles. The van der Waals surface area contributed by atoms with Gasteiger partial charge in [0.1, 0.15) is 5.75 Å². The second kappa shape index (κ2) is 3.03. The van der Waals surface area contributed by atoms with E-state index < -0.39 is 0 Å². The van der Waals surface area contributed by atoms with E-state index in [2.05, 4.69) is 41.5 Å². The third kappa shape index (κ3) is 1.37. The number of hydrogen-bond acceptors (Lipinski definition) is 1. The Hall–Kier alpha value is -0.980. The van der Waals surface area contributed by atoms with Crippen LogP contribution in [0.1, 0.15) is 56.4 Å². The first-order valence-corrected chi connectivity index (χ1v) is 6.01. The quantitative estimate of drug-likeness (QED) is 0.698. The van der Waals surface area contributed by atoms with E-state index in [-0.39, 0.29) is 10.8 Å². The zero-order valence-electron chi connectivity index (χ0n) is 11.2. The SMILES string of the molecule is Cc1cc(O)c2c(c1C)C(C)(C)CC2(C)C. The highest BCUT2D eigenvalue weighted by atomic mass is 16.3. The number of phenols is 1. The summed E-state index contributed by atoms with van der Waals surface area (Å²) in [5.74, 6) is 0.480. The van der Waals surface area contributed by atoms with Gasteiger partial charge in [-0.1, -0.05) is 27.7 Å². The predicted octanol–water partition coefficient (Wildman–Crippen LogP) is 3.97. The summed E-state index contributed by atoms with van der Waals surface area (Å²) in [5.41, 5.74) is 5.34. The number of benzene rings is 1. The lowest BCUT2D eigenvalue weighted by Crippen LogP contribution is -2.18. The maximum Gasteiger partial charge on any atom is 0.119 e. The number of hydrogen-bond donors (Lipinski definition) is 1. The second-order valence-electron chi connectivity index (χ2n) is 6.53. The molecule has 1 aliphatic carbocycles. The van der Waals surface area contributed by atoms with E-state index in [0.29, 0.717) is 5.75 Å². The Labute approximate surface area is 98.5 Å². The molecule has 0 aromatic heterocycles. The van der Waals surface area contributed by atoms with Crippen LogP contribution in [0.15, 0.2) is 6.07 Å². The van der Waals surface area contributed by atoms with Crippen LogP contribution in [-0.4, -0.2) is 5.11 Å². The number of aryl methyl sites for hydroxylation is 1. The normalized spacial score (nSPS) is 20.9. The molecule has 0 heterocycles. The molecule has 1 heteroatoms. The summed E-state index contributed by atoms with van der Waals surface area (Å²) in [5, 5.41) is 10.2. The molecule has 0 bridgehead atoms. The lowest BCUT2D eigenvalue weighted by molar-refractivity contribution is 0.391. The molecule has 1 N–H and O–H groups in total. The van der Waals surface area contributed by atoms with E-state index in [1.807, 2.05) is 6.07 Å². The largest absolute Gasteiger partial charge is 0.508 e. The van der Waals surface area contributed by atoms with Gasteiger partial charge in [-0.2, -0.15) is 0 Å². The molecule has 0 spiro atoms.